The van der Waals surface area contributed by atoms with Crippen molar-refractivity contribution in [3.05, 3.63) is 28.6 Å². The molecule has 0 aromatic heterocycles. The van der Waals surface area contributed by atoms with Crippen LogP contribution in [0.5, 0.6) is 0 Å². The number of carbonyl (C=O) groups is 1. The smallest absolute Gasteiger partial charge is 0.343 e. The molecule has 1 aromatic rings. The summed E-state index contributed by atoms with van der Waals surface area (Å²) in [5.41, 5.74) is 2.91. The fourth-order valence-corrected chi connectivity index (χ4v) is 1.10. The number of anilines is 1. The first-order chi connectivity index (χ1) is 6.91. The van der Waals surface area contributed by atoms with Crippen LogP contribution in [-0.4, -0.2) is 13.1 Å². The van der Waals surface area contributed by atoms with E-state index in [1.54, 1.807) is 0 Å². The zero-order valence-corrected chi connectivity index (χ0v) is 8.03. The summed E-state index contributed by atoms with van der Waals surface area (Å²) in [5.74, 6) is -5.32. The number of halogens is 3. The Morgan fingerprint density at radius 1 is 1.20 bits per heavy atom. The van der Waals surface area contributed by atoms with Gasteiger partial charge in [-0.1, -0.05) is 0 Å². The fourth-order valence-electron chi connectivity index (χ4n) is 1.10. The Morgan fingerprint density at radius 2 is 1.73 bits per heavy atom. The molecule has 0 fully saturated rings. The number of carbonyl (C=O) groups excluding carboxylic acids is 1. The molecule has 0 bridgehead atoms. The predicted octanol–water partition coefficient (Wildman–Crippen LogP) is 1.78. The second-order valence-electron chi connectivity index (χ2n) is 2.85. The minimum Gasteiger partial charge on any atom is -0.465 e. The van der Waals surface area contributed by atoms with Gasteiger partial charge in [0.2, 0.25) is 0 Å². The standard InChI is InChI=1S/C9H8F3NO2/c1-3-5(10)7(12)4(9(14)15-2)8(13)6(3)11/h13H2,1-2H3. The third kappa shape index (κ3) is 1.62. The van der Waals surface area contributed by atoms with Gasteiger partial charge in [0, 0.05) is 5.56 Å². The molecule has 0 aliphatic heterocycles. The fraction of sp³-hybridized carbons (Fsp3) is 0.222. The van der Waals surface area contributed by atoms with Crippen molar-refractivity contribution < 1.29 is 22.7 Å². The van der Waals surface area contributed by atoms with E-state index in [1.165, 1.54) is 0 Å². The first-order valence-electron chi connectivity index (χ1n) is 3.92. The summed E-state index contributed by atoms with van der Waals surface area (Å²) in [7, 11) is 0.955. The van der Waals surface area contributed by atoms with Crippen LogP contribution in [0.3, 0.4) is 0 Å². The number of ether oxygens (including phenoxy) is 1. The van der Waals surface area contributed by atoms with E-state index in [0.717, 1.165) is 14.0 Å². The molecule has 0 heterocycles. The van der Waals surface area contributed by atoms with E-state index in [0.29, 0.717) is 0 Å². The number of hydrogen-bond donors (Lipinski definition) is 1. The molecule has 1 rings (SSSR count). The van der Waals surface area contributed by atoms with Gasteiger partial charge < -0.3 is 10.5 Å². The van der Waals surface area contributed by atoms with Gasteiger partial charge >= 0.3 is 5.97 Å². The Bertz CT molecular complexity index is 403. The number of rotatable bonds is 1. The number of nitrogens with two attached hydrogens (primary N) is 1. The molecule has 0 spiro atoms. The van der Waals surface area contributed by atoms with Gasteiger partial charge in [-0.25, -0.2) is 18.0 Å². The lowest BCUT2D eigenvalue weighted by Gasteiger charge is -2.09. The van der Waals surface area contributed by atoms with Crippen LogP contribution in [0, 0.1) is 24.4 Å². The van der Waals surface area contributed by atoms with Crippen molar-refractivity contribution >= 4 is 11.7 Å². The van der Waals surface area contributed by atoms with Crippen molar-refractivity contribution in [1.82, 2.24) is 0 Å². The van der Waals surface area contributed by atoms with Crippen LogP contribution in [0.2, 0.25) is 0 Å². The summed E-state index contributed by atoms with van der Waals surface area (Å²) < 4.78 is 43.6. The Labute approximate surface area is 83.6 Å². The van der Waals surface area contributed by atoms with Crippen molar-refractivity contribution in [1.29, 1.82) is 0 Å². The SMILES string of the molecule is COC(=O)c1c(N)c(F)c(C)c(F)c1F. The molecule has 0 atom stereocenters. The van der Waals surface area contributed by atoms with Crippen LogP contribution in [0.25, 0.3) is 0 Å². The van der Waals surface area contributed by atoms with Crippen molar-refractivity contribution in [3.8, 4) is 0 Å². The first kappa shape index (κ1) is 11.4. The quantitative estimate of drug-likeness (QED) is 0.445. The van der Waals surface area contributed by atoms with E-state index in [-0.39, 0.29) is 0 Å². The molecule has 3 nitrogen and oxygen atoms in total. The Hall–Kier alpha value is -1.72. The van der Waals surface area contributed by atoms with E-state index >= 15 is 0 Å². The van der Waals surface area contributed by atoms with E-state index in [9.17, 15) is 18.0 Å². The average molecular weight is 219 g/mol. The van der Waals surface area contributed by atoms with E-state index < -0.39 is 40.2 Å². The third-order valence-corrected chi connectivity index (χ3v) is 1.97. The van der Waals surface area contributed by atoms with Crippen LogP contribution >= 0.6 is 0 Å². The van der Waals surface area contributed by atoms with Gasteiger partial charge in [0.05, 0.1) is 12.8 Å². The van der Waals surface area contributed by atoms with Gasteiger partial charge in [0.25, 0.3) is 0 Å². The number of hydrogen-bond acceptors (Lipinski definition) is 3. The zero-order chi connectivity index (χ0) is 11.7. The van der Waals surface area contributed by atoms with Gasteiger partial charge in [0.15, 0.2) is 17.5 Å². The molecule has 0 amide bonds. The molecule has 0 aliphatic rings. The largest absolute Gasteiger partial charge is 0.465 e. The molecule has 6 heteroatoms. The van der Waals surface area contributed by atoms with Crippen molar-refractivity contribution in [2.75, 3.05) is 12.8 Å². The first-order valence-corrected chi connectivity index (χ1v) is 3.92. The summed E-state index contributed by atoms with van der Waals surface area (Å²) in [5, 5.41) is 0. The minimum atomic E-state index is -1.50. The normalized spacial score (nSPS) is 10.2. The highest BCUT2D eigenvalue weighted by Gasteiger charge is 2.26. The number of esters is 1. The Kier molecular flexibility index (Phi) is 2.88. The van der Waals surface area contributed by atoms with Gasteiger partial charge in [0.1, 0.15) is 5.56 Å². The minimum absolute atomic E-state index is 0.572. The van der Waals surface area contributed by atoms with Crippen LogP contribution in [-0.2, 0) is 4.74 Å². The average Bonchev–Trinajstić information content (AvgIpc) is 2.23. The summed E-state index contributed by atoms with van der Waals surface area (Å²) in [6.45, 7) is 1.02. The van der Waals surface area contributed by atoms with E-state index in [1.807, 2.05) is 0 Å². The van der Waals surface area contributed by atoms with Crippen molar-refractivity contribution in [2.24, 2.45) is 0 Å². The molecule has 0 radical (unpaired) electrons. The summed E-state index contributed by atoms with van der Waals surface area (Å²) in [6, 6.07) is 0. The van der Waals surface area contributed by atoms with Crippen LogP contribution in [0.15, 0.2) is 0 Å². The van der Waals surface area contributed by atoms with E-state index in [4.69, 9.17) is 5.73 Å². The number of nitrogen functional groups attached to an aromatic ring is 1. The Balaban J connectivity index is 3.60. The van der Waals surface area contributed by atoms with E-state index in [2.05, 4.69) is 4.74 Å². The predicted molar refractivity (Wildman–Crippen MR) is 46.8 cm³/mol. The maximum atomic E-state index is 13.2. The van der Waals surface area contributed by atoms with Gasteiger partial charge in [-0.05, 0) is 6.92 Å². The molecular formula is C9H8F3NO2. The molecule has 0 saturated carbocycles. The zero-order valence-electron chi connectivity index (χ0n) is 8.03. The Morgan fingerprint density at radius 3 is 2.20 bits per heavy atom. The molecule has 0 unspecified atom stereocenters. The highest BCUT2D eigenvalue weighted by Crippen LogP contribution is 2.26. The maximum Gasteiger partial charge on any atom is 0.343 e. The highest BCUT2D eigenvalue weighted by molar-refractivity contribution is 5.95. The van der Waals surface area contributed by atoms with Crippen LogP contribution in [0.1, 0.15) is 15.9 Å². The highest BCUT2D eigenvalue weighted by atomic mass is 19.2. The summed E-state index contributed by atoms with van der Waals surface area (Å²) >= 11 is 0. The molecule has 1 aromatic carbocycles. The molecule has 2 N–H and O–H groups in total. The molecule has 15 heavy (non-hydrogen) atoms. The number of methoxy groups -OCH3 is 1. The van der Waals surface area contributed by atoms with Gasteiger partial charge in [-0.2, -0.15) is 0 Å². The molecule has 0 aliphatic carbocycles. The molecule has 82 valence electrons. The summed E-state index contributed by atoms with van der Waals surface area (Å²) in [4.78, 5) is 11.0. The second kappa shape index (κ2) is 3.80. The molecular weight excluding hydrogens is 211 g/mol. The lowest BCUT2D eigenvalue weighted by Crippen LogP contribution is -2.13. The lowest BCUT2D eigenvalue weighted by molar-refractivity contribution is 0.0595. The monoisotopic (exact) mass is 219 g/mol. The topological polar surface area (TPSA) is 52.3 Å². The van der Waals surface area contributed by atoms with Gasteiger partial charge in [-0.15, -0.1) is 0 Å². The second-order valence-corrected chi connectivity index (χ2v) is 2.85. The van der Waals surface area contributed by atoms with Crippen LogP contribution in [0.4, 0.5) is 18.9 Å². The van der Waals surface area contributed by atoms with Crippen LogP contribution < -0.4 is 5.73 Å². The van der Waals surface area contributed by atoms with Crippen molar-refractivity contribution in [3.63, 3.8) is 0 Å². The third-order valence-electron chi connectivity index (χ3n) is 1.97. The maximum absolute atomic E-state index is 13.2. The molecule has 0 saturated heterocycles. The lowest BCUT2D eigenvalue weighted by atomic mass is 10.1. The van der Waals surface area contributed by atoms with Crippen molar-refractivity contribution in [2.45, 2.75) is 6.92 Å². The number of benzene rings is 1. The van der Waals surface area contributed by atoms with Gasteiger partial charge in [-0.3, -0.25) is 0 Å². The summed E-state index contributed by atoms with van der Waals surface area (Å²) in [6.07, 6.45) is 0.